The lowest BCUT2D eigenvalue weighted by atomic mass is 10.1. The summed E-state index contributed by atoms with van der Waals surface area (Å²) in [6.07, 6.45) is 0.958. The zero-order valence-electron chi connectivity index (χ0n) is 16.2. The molecule has 0 radical (unpaired) electrons. The number of guanidine groups is 1. The van der Waals surface area contributed by atoms with Crippen molar-refractivity contribution in [3.8, 4) is 5.75 Å². The Morgan fingerprint density at radius 3 is 2.56 bits per heavy atom. The highest BCUT2D eigenvalue weighted by atomic mass is 16.6. The average Bonchev–Trinajstić information content (AvgIpc) is 2.52. The summed E-state index contributed by atoms with van der Waals surface area (Å²) in [5.41, 5.74) is 1.70. The highest BCUT2D eigenvalue weighted by Crippen LogP contribution is 2.20. The molecule has 0 atom stereocenters. The third-order valence-corrected chi connectivity index (χ3v) is 3.17. The van der Waals surface area contributed by atoms with E-state index >= 15 is 0 Å². The summed E-state index contributed by atoms with van der Waals surface area (Å²) >= 11 is 0. The molecule has 0 aliphatic heterocycles. The Kier molecular flexibility index (Phi) is 8.25. The zero-order chi connectivity index (χ0) is 18.9. The maximum Gasteiger partial charge on any atom is 0.325 e. The van der Waals surface area contributed by atoms with Gasteiger partial charge in [-0.3, -0.25) is 9.79 Å². The van der Waals surface area contributed by atoms with Crippen LogP contribution in [0.4, 0.5) is 0 Å². The Bertz CT molecular complexity index is 592. The number of esters is 1. The first-order chi connectivity index (χ1) is 11.7. The summed E-state index contributed by atoms with van der Waals surface area (Å²) in [6, 6.07) is 6.12. The van der Waals surface area contributed by atoms with E-state index in [4.69, 9.17) is 9.47 Å². The first-order valence-corrected chi connectivity index (χ1v) is 8.64. The van der Waals surface area contributed by atoms with Gasteiger partial charge in [-0.15, -0.1) is 0 Å². The van der Waals surface area contributed by atoms with Crippen LogP contribution in [-0.2, 0) is 16.1 Å². The lowest BCUT2D eigenvalue weighted by Crippen LogP contribution is -2.41. The largest absolute Gasteiger partial charge is 0.493 e. The molecule has 140 valence electrons. The number of benzene rings is 1. The lowest BCUT2D eigenvalue weighted by Gasteiger charge is -2.20. The zero-order valence-corrected chi connectivity index (χ0v) is 16.2. The maximum absolute atomic E-state index is 11.8. The van der Waals surface area contributed by atoms with Crippen LogP contribution in [0.5, 0.6) is 5.75 Å². The number of rotatable bonds is 7. The van der Waals surface area contributed by atoms with Gasteiger partial charge in [-0.1, -0.05) is 19.1 Å². The molecule has 2 N–H and O–H groups in total. The summed E-state index contributed by atoms with van der Waals surface area (Å²) in [7, 11) is 1.66. The number of carbonyl (C=O) groups excluding carboxylic acids is 1. The molecule has 0 unspecified atom stereocenters. The first kappa shape index (κ1) is 20.8. The minimum atomic E-state index is -0.497. The van der Waals surface area contributed by atoms with Gasteiger partial charge in [-0.25, -0.2) is 0 Å². The SMILES string of the molecule is CCCOc1cc(C)ccc1CNC(=NC)NCC(=O)OC(C)(C)C. The van der Waals surface area contributed by atoms with E-state index in [1.54, 1.807) is 7.05 Å². The molecule has 0 saturated carbocycles. The quantitative estimate of drug-likeness (QED) is 0.450. The molecule has 1 aromatic rings. The van der Waals surface area contributed by atoms with E-state index in [-0.39, 0.29) is 12.5 Å². The molecular formula is C19H31N3O3. The Balaban J connectivity index is 2.59. The molecule has 0 aromatic heterocycles. The summed E-state index contributed by atoms with van der Waals surface area (Å²) in [5, 5.41) is 6.15. The smallest absolute Gasteiger partial charge is 0.325 e. The van der Waals surface area contributed by atoms with Gasteiger partial charge in [0.2, 0.25) is 0 Å². The number of ether oxygens (including phenoxy) is 2. The second-order valence-corrected chi connectivity index (χ2v) is 6.83. The van der Waals surface area contributed by atoms with Crippen molar-refractivity contribution in [2.45, 2.75) is 53.2 Å². The number of nitrogens with one attached hydrogen (secondary N) is 2. The van der Waals surface area contributed by atoms with Crippen molar-refractivity contribution in [3.05, 3.63) is 29.3 Å². The molecule has 0 heterocycles. The van der Waals surface area contributed by atoms with E-state index < -0.39 is 5.60 Å². The Morgan fingerprint density at radius 1 is 1.24 bits per heavy atom. The summed E-state index contributed by atoms with van der Waals surface area (Å²) in [4.78, 5) is 15.9. The Labute approximate surface area is 151 Å². The molecule has 6 heteroatoms. The van der Waals surface area contributed by atoms with Crippen LogP contribution in [0.1, 0.15) is 45.2 Å². The number of aliphatic imine (C=N–C) groups is 1. The number of hydrogen-bond donors (Lipinski definition) is 2. The van der Waals surface area contributed by atoms with Crippen LogP contribution in [0, 0.1) is 6.92 Å². The predicted molar refractivity (Wildman–Crippen MR) is 101 cm³/mol. The summed E-state index contributed by atoms with van der Waals surface area (Å²) in [5.74, 6) is 1.09. The fraction of sp³-hybridized carbons (Fsp3) is 0.579. The molecule has 1 rings (SSSR count). The van der Waals surface area contributed by atoms with Gasteiger partial charge >= 0.3 is 5.97 Å². The average molecular weight is 349 g/mol. The second kappa shape index (κ2) is 9.91. The van der Waals surface area contributed by atoms with Gasteiger partial charge in [0, 0.05) is 19.2 Å². The van der Waals surface area contributed by atoms with E-state index in [9.17, 15) is 4.79 Å². The third-order valence-electron chi connectivity index (χ3n) is 3.17. The Hall–Kier alpha value is -2.24. The van der Waals surface area contributed by atoms with Crippen molar-refractivity contribution in [2.24, 2.45) is 4.99 Å². The van der Waals surface area contributed by atoms with Crippen LogP contribution in [0.15, 0.2) is 23.2 Å². The van der Waals surface area contributed by atoms with Crippen LogP contribution in [0.3, 0.4) is 0 Å². The van der Waals surface area contributed by atoms with Gasteiger partial charge in [0.15, 0.2) is 5.96 Å². The van der Waals surface area contributed by atoms with Gasteiger partial charge in [0.1, 0.15) is 17.9 Å². The molecule has 0 aliphatic carbocycles. The highest BCUT2D eigenvalue weighted by Gasteiger charge is 2.16. The van der Waals surface area contributed by atoms with Crippen LogP contribution < -0.4 is 15.4 Å². The minimum Gasteiger partial charge on any atom is -0.493 e. The number of carbonyl (C=O) groups is 1. The van der Waals surface area contributed by atoms with Gasteiger partial charge < -0.3 is 20.1 Å². The minimum absolute atomic E-state index is 0.0596. The number of nitrogens with zero attached hydrogens (tertiary/aromatic N) is 1. The first-order valence-electron chi connectivity index (χ1n) is 8.64. The molecule has 0 saturated heterocycles. The van der Waals surface area contributed by atoms with Gasteiger partial charge in [0.25, 0.3) is 0 Å². The topological polar surface area (TPSA) is 72.0 Å². The fourth-order valence-electron chi connectivity index (χ4n) is 2.09. The molecule has 0 bridgehead atoms. The second-order valence-electron chi connectivity index (χ2n) is 6.83. The molecule has 0 spiro atoms. The van der Waals surface area contributed by atoms with Crippen LogP contribution in [-0.4, -0.2) is 37.7 Å². The van der Waals surface area contributed by atoms with Crippen molar-refractivity contribution < 1.29 is 14.3 Å². The van der Waals surface area contributed by atoms with Crippen molar-refractivity contribution in [2.75, 3.05) is 20.2 Å². The molecular weight excluding hydrogens is 318 g/mol. The number of aryl methyl sites for hydroxylation is 1. The van der Waals surface area contributed by atoms with Gasteiger partial charge in [-0.2, -0.15) is 0 Å². The Morgan fingerprint density at radius 2 is 1.96 bits per heavy atom. The van der Waals surface area contributed by atoms with Crippen molar-refractivity contribution in [1.29, 1.82) is 0 Å². The third kappa shape index (κ3) is 8.42. The van der Waals surface area contributed by atoms with Crippen molar-refractivity contribution in [1.82, 2.24) is 10.6 Å². The monoisotopic (exact) mass is 349 g/mol. The summed E-state index contributed by atoms with van der Waals surface area (Å²) in [6.45, 7) is 10.9. The van der Waals surface area contributed by atoms with E-state index in [1.165, 1.54) is 0 Å². The molecule has 1 aromatic carbocycles. The van der Waals surface area contributed by atoms with Crippen molar-refractivity contribution >= 4 is 11.9 Å². The molecule has 0 amide bonds. The number of hydrogen-bond acceptors (Lipinski definition) is 4. The van der Waals surface area contributed by atoms with E-state index in [1.807, 2.05) is 45.9 Å². The van der Waals surface area contributed by atoms with Gasteiger partial charge in [-0.05, 0) is 45.7 Å². The highest BCUT2D eigenvalue weighted by molar-refractivity contribution is 5.84. The lowest BCUT2D eigenvalue weighted by molar-refractivity contribution is -0.153. The van der Waals surface area contributed by atoms with E-state index in [0.717, 1.165) is 23.3 Å². The predicted octanol–water partition coefficient (Wildman–Crippen LogP) is 2.79. The maximum atomic E-state index is 11.8. The molecule has 6 nitrogen and oxygen atoms in total. The standard InChI is InChI=1S/C19H31N3O3/c1-7-10-24-16-11-14(2)8-9-15(16)12-21-18(20-6)22-13-17(23)25-19(3,4)5/h8-9,11H,7,10,12-13H2,1-6H3,(H2,20,21,22). The summed E-state index contributed by atoms with van der Waals surface area (Å²) < 4.78 is 11.1. The fourth-order valence-corrected chi connectivity index (χ4v) is 2.09. The van der Waals surface area contributed by atoms with Gasteiger partial charge in [0.05, 0.1) is 6.61 Å². The molecule has 25 heavy (non-hydrogen) atoms. The van der Waals surface area contributed by atoms with Crippen LogP contribution >= 0.6 is 0 Å². The van der Waals surface area contributed by atoms with E-state index in [0.29, 0.717) is 19.1 Å². The van der Waals surface area contributed by atoms with E-state index in [2.05, 4.69) is 22.5 Å². The normalized spacial score (nSPS) is 11.8. The molecule has 0 aliphatic rings. The molecule has 0 fully saturated rings. The van der Waals surface area contributed by atoms with Crippen LogP contribution in [0.25, 0.3) is 0 Å². The van der Waals surface area contributed by atoms with Crippen molar-refractivity contribution in [3.63, 3.8) is 0 Å². The van der Waals surface area contributed by atoms with Crippen LogP contribution in [0.2, 0.25) is 0 Å².